The van der Waals surface area contributed by atoms with Crippen LogP contribution in [0.25, 0.3) is 16.6 Å². The first-order valence-electron chi connectivity index (χ1n) is 10.5. The van der Waals surface area contributed by atoms with Crippen molar-refractivity contribution in [2.45, 2.75) is 12.8 Å². The van der Waals surface area contributed by atoms with E-state index in [-0.39, 0.29) is 30.7 Å². The number of anilines is 1. The topological polar surface area (TPSA) is 66.3 Å². The van der Waals surface area contributed by atoms with Crippen LogP contribution in [0.2, 0.25) is 5.02 Å². The van der Waals surface area contributed by atoms with Crippen molar-refractivity contribution >= 4 is 59.0 Å². The first-order chi connectivity index (χ1) is 14.7. The Hall–Kier alpha value is -2.06. The summed E-state index contributed by atoms with van der Waals surface area (Å²) in [5.41, 5.74) is 1.92. The van der Waals surface area contributed by atoms with Crippen molar-refractivity contribution in [2.24, 2.45) is 5.92 Å². The monoisotopic (exact) mass is 496 g/mol. The lowest BCUT2D eigenvalue weighted by molar-refractivity contribution is -0.136. The lowest BCUT2D eigenvalue weighted by atomic mass is 9.95. The third kappa shape index (κ3) is 4.81. The number of nitrogens with zero attached hydrogens (tertiary/aromatic N) is 5. The molecule has 2 aromatic heterocycles. The van der Waals surface area contributed by atoms with Crippen LogP contribution in [0.5, 0.6) is 0 Å². The lowest BCUT2D eigenvalue weighted by Crippen LogP contribution is -2.50. The second-order valence-electron chi connectivity index (χ2n) is 7.94. The molecule has 2 fully saturated rings. The molecule has 32 heavy (non-hydrogen) atoms. The van der Waals surface area contributed by atoms with Crippen LogP contribution in [-0.4, -0.2) is 64.8 Å². The van der Waals surface area contributed by atoms with E-state index in [1.54, 1.807) is 6.20 Å². The minimum Gasteiger partial charge on any atom is -0.355 e. The average Bonchev–Trinajstić information content (AvgIpc) is 3.20. The summed E-state index contributed by atoms with van der Waals surface area (Å²) in [4.78, 5) is 21.5. The molecule has 0 aliphatic carbocycles. The smallest absolute Gasteiger partial charge is 0.225 e. The number of piperidine rings is 1. The fraction of sp³-hybridized carbons (Fsp3) is 0.409. The third-order valence-corrected chi connectivity index (χ3v) is 6.36. The maximum absolute atomic E-state index is 12.9. The van der Waals surface area contributed by atoms with E-state index in [2.05, 4.69) is 15.2 Å². The first kappa shape index (κ1) is 24.6. The second-order valence-corrected chi connectivity index (χ2v) is 8.38. The van der Waals surface area contributed by atoms with E-state index in [4.69, 9.17) is 16.7 Å². The van der Waals surface area contributed by atoms with Gasteiger partial charge in [0.05, 0.1) is 17.4 Å². The predicted octanol–water partition coefficient (Wildman–Crippen LogP) is 3.57. The van der Waals surface area contributed by atoms with E-state index in [1.165, 1.54) is 0 Å². The van der Waals surface area contributed by atoms with E-state index in [1.807, 2.05) is 46.1 Å². The van der Waals surface area contributed by atoms with E-state index in [0.29, 0.717) is 10.9 Å². The lowest BCUT2D eigenvalue weighted by Gasteiger charge is -2.36. The largest absolute Gasteiger partial charge is 0.355 e. The van der Waals surface area contributed by atoms with Gasteiger partial charge in [-0.15, -0.1) is 29.9 Å². The molecular weight excluding hydrogens is 471 g/mol. The molecule has 172 valence electrons. The van der Waals surface area contributed by atoms with Gasteiger partial charge in [0, 0.05) is 61.8 Å². The Bertz CT molecular complexity index is 1040. The number of halogens is 3. The van der Waals surface area contributed by atoms with Gasteiger partial charge in [0.25, 0.3) is 0 Å². The normalized spacial score (nSPS) is 17.0. The fourth-order valence-corrected chi connectivity index (χ4v) is 4.57. The number of amides is 1. The molecule has 0 spiro atoms. The molecule has 7 nitrogen and oxygen atoms in total. The Labute approximate surface area is 204 Å². The highest BCUT2D eigenvalue weighted by atomic mass is 35.5. The zero-order chi connectivity index (χ0) is 20.5. The van der Waals surface area contributed by atoms with Crippen molar-refractivity contribution in [3.8, 4) is 5.69 Å². The van der Waals surface area contributed by atoms with Crippen molar-refractivity contribution in [1.82, 2.24) is 25.0 Å². The van der Waals surface area contributed by atoms with Crippen LogP contribution in [-0.2, 0) is 4.79 Å². The van der Waals surface area contributed by atoms with Crippen LogP contribution in [0.1, 0.15) is 12.8 Å². The van der Waals surface area contributed by atoms with Gasteiger partial charge in [-0.3, -0.25) is 9.78 Å². The number of hydrogen-bond acceptors (Lipinski definition) is 5. The molecule has 1 aromatic carbocycles. The number of benzene rings is 1. The van der Waals surface area contributed by atoms with E-state index in [0.717, 1.165) is 74.5 Å². The Balaban J connectivity index is 0.00000144. The Morgan fingerprint density at radius 2 is 1.69 bits per heavy atom. The summed E-state index contributed by atoms with van der Waals surface area (Å²) in [6, 6.07) is 9.68. The molecule has 5 rings (SSSR count). The molecule has 4 heterocycles. The quantitative estimate of drug-likeness (QED) is 0.599. The summed E-state index contributed by atoms with van der Waals surface area (Å²) in [6.07, 6.45) is 5.38. The summed E-state index contributed by atoms with van der Waals surface area (Å²) in [7, 11) is 0. The van der Waals surface area contributed by atoms with Crippen molar-refractivity contribution < 1.29 is 4.79 Å². The number of pyridine rings is 1. The van der Waals surface area contributed by atoms with Gasteiger partial charge < -0.3 is 15.1 Å². The average molecular weight is 498 g/mol. The molecule has 1 amide bonds. The molecule has 0 bridgehead atoms. The number of carbonyl (C=O) groups is 1. The molecule has 2 aliphatic heterocycles. The van der Waals surface area contributed by atoms with Crippen LogP contribution in [0.15, 0.2) is 42.7 Å². The van der Waals surface area contributed by atoms with Crippen molar-refractivity contribution in [1.29, 1.82) is 0 Å². The fourth-order valence-electron chi connectivity index (χ4n) is 4.44. The van der Waals surface area contributed by atoms with E-state index >= 15 is 0 Å². The molecule has 1 N–H and O–H groups in total. The van der Waals surface area contributed by atoms with Gasteiger partial charge in [-0.2, -0.15) is 0 Å². The molecular formula is C22H27Cl3N6O. The zero-order valence-corrected chi connectivity index (χ0v) is 20.0. The molecule has 2 saturated heterocycles. The summed E-state index contributed by atoms with van der Waals surface area (Å²) < 4.78 is 1.92. The Morgan fingerprint density at radius 1 is 1.00 bits per heavy atom. The number of aromatic nitrogens is 3. The van der Waals surface area contributed by atoms with Crippen LogP contribution >= 0.6 is 36.4 Å². The van der Waals surface area contributed by atoms with E-state index in [9.17, 15) is 4.79 Å². The second kappa shape index (κ2) is 10.7. The highest BCUT2D eigenvalue weighted by Crippen LogP contribution is 2.31. The molecule has 0 atom stereocenters. The highest BCUT2D eigenvalue weighted by Gasteiger charge is 2.30. The predicted molar refractivity (Wildman–Crippen MR) is 133 cm³/mol. The summed E-state index contributed by atoms with van der Waals surface area (Å²) >= 11 is 6.05. The summed E-state index contributed by atoms with van der Waals surface area (Å²) in [5.74, 6) is 1.39. The van der Waals surface area contributed by atoms with Gasteiger partial charge in [-0.05, 0) is 43.2 Å². The summed E-state index contributed by atoms with van der Waals surface area (Å²) in [5, 5.41) is 10.0. The van der Waals surface area contributed by atoms with E-state index < -0.39 is 0 Å². The number of nitrogens with one attached hydrogen (secondary N) is 1. The molecule has 3 aromatic rings. The van der Waals surface area contributed by atoms with Gasteiger partial charge in [-0.25, -0.2) is 4.68 Å². The van der Waals surface area contributed by atoms with Crippen LogP contribution in [0, 0.1) is 5.92 Å². The minimum absolute atomic E-state index is 0. The Kier molecular flexibility index (Phi) is 8.22. The van der Waals surface area contributed by atoms with Crippen LogP contribution in [0.3, 0.4) is 0 Å². The maximum atomic E-state index is 12.9. The molecule has 0 unspecified atom stereocenters. The summed E-state index contributed by atoms with van der Waals surface area (Å²) in [6.45, 7) is 5.10. The van der Waals surface area contributed by atoms with Crippen molar-refractivity contribution in [3.05, 3.63) is 47.7 Å². The first-order valence-corrected chi connectivity index (χ1v) is 10.9. The third-order valence-electron chi connectivity index (χ3n) is 6.11. The van der Waals surface area contributed by atoms with Gasteiger partial charge in [0.1, 0.15) is 0 Å². The molecule has 0 saturated carbocycles. The number of hydrogen-bond donors (Lipinski definition) is 1. The Morgan fingerprint density at radius 3 is 2.38 bits per heavy atom. The maximum Gasteiger partial charge on any atom is 0.225 e. The number of fused-ring (bicyclic) bond motifs is 1. The molecule has 0 radical (unpaired) electrons. The van der Waals surface area contributed by atoms with Crippen molar-refractivity contribution in [2.75, 3.05) is 44.2 Å². The standard InChI is InChI=1S/C22H25ClN6O.2ClH/c23-17-1-3-18(4-2-17)29-20-15-25-8-5-19(20)21(26-29)27-11-6-16(7-12-27)22(30)28-13-9-24-10-14-28;;/h1-5,8,15-16,24H,6-7,9-14H2;2*1H. The van der Waals surface area contributed by atoms with Gasteiger partial charge >= 0.3 is 0 Å². The van der Waals surface area contributed by atoms with Crippen LogP contribution < -0.4 is 10.2 Å². The van der Waals surface area contributed by atoms with Crippen LogP contribution in [0.4, 0.5) is 5.82 Å². The highest BCUT2D eigenvalue weighted by molar-refractivity contribution is 6.30. The molecule has 2 aliphatic rings. The number of rotatable bonds is 3. The van der Waals surface area contributed by atoms with Gasteiger partial charge in [-0.1, -0.05) is 11.6 Å². The number of carbonyl (C=O) groups excluding carboxylic acids is 1. The SMILES string of the molecule is Cl.Cl.O=C(C1CCN(c2nn(-c3ccc(Cl)cc3)c3cnccc23)CC1)N1CCNCC1. The van der Waals surface area contributed by atoms with Gasteiger partial charge in [0.15, 0.2) is 5.82 Å². The molecule has 10 heteroatoms. The van der Waals surface area contributed by atoms with Gasteiger partial charge in [0.2, 0.25) is 5.91 Å². The zero-order valence-electron chi connectivity index (χ0n) is 17.6. The number of piperazine rings is 1. The van der Waals surface area contributed by atoms with Crippen molar-refractivity contribution in [3.63, 3.8) is 0 Å². The minimum atomic E-state index is 0.